The Morgan fingerprint density at radius 3 is 2.29 bits per heavy atom. The second kappa shape index (κ2) is 8.48. The maximum atomic E-state index is 11.7. The van der Waals surface area contributed by atoms with Gasteiger partial charge in [-0.2, -0.15) is 0 Å². The lowest BCUT2D eigenvalue weighted by atomic mass is 10.1. The first-order valence-electron chi connectivity index (χ1n) is 6.53. The molecule has 0 rings (SSSR count). The summed E-state index contributed by atoms with van der Waals surface area (Å²) in [6.45, 7) is 8.95. The monoisotopic (exact) mass is 244 g/mol. The molecule has 0 aliphatic carbocycles. The van der Waals surface area contributed by atoms with Crippen LogP contribution in [0.1, 0.15) is 53.4 Å². The van der Waals surface area contributed by atoms with E-state index in [0.29, 0.717) is 0 Å². The second-order valence-electron chi connectivity index (χ2n) is 5.55. The number of rotatable bonds is 8. The van der Waals surface area contributed by atoms with Crippen LogP contribution in [-0.4, -0.2) is 35.7 Å². The molecule has 0 saturated heterocycles. The number of unbranched alkanes of at least 4 members (excludes halogenated alkanes) is 3. The molecule has 3 N–H and O–H groups in total. The maximum absolute atomic E-state index is 11.7. The van der Waals surface area contributed by atoms with Gasteiger partial charge < -0.3 is 15.7 Å². The van der Waals surface area contributed by atoms with Crippen molar-refractivity contribution >= 4 is 5.91 Å². The van der Waals surface area contributed by atoms with Crippen molar-refractivity contribution in [1.29, 1.82) is 0 Å². The lowest BCUT2D eigenvalue weighted by Gasteiger charge is -2.23. The fraction of sp³-hybridized carbons (Fsp3) is 0.923. The Bertz CT molecular complexity index is 212. The zero-order chi connectivity index (χ0) is 13.3. The van der Waals surface area contributed by atoms with Gasteiger partial charge in [-0.3, -0.25) is 4.79 Å². The molecule has 0 bridgehead atoms. The summed E-state index contributed by atoms with van der Waals surface area (Å²) in [6, 6.07) is -0.146. The predicted molar refractivity (Wildman–Crippen MR) is 70.9 cm³/mol. The first-order valence-corrected chi connectivity index (χ1v) is 6.53. The smallest absolute Gasteiger partial charge is 0.237 e. The lowest BCUT2D eigenvalue weighted by molar-refractivity contribution is -0.124. The van der Waals surface area contributed by atoms with Crippen LogP contribution in [0.2, 0.25) is 0 Å². The Balaban J connectivity index is 3.58. The lowest BCUT2D eigenvalue weighted by Crippen LogP contribution is -2.49. The van der Waals surface area contributed by atoms with E-state index in [-0.39, 0.29) is 24.1 Å². The Labute approximate surface area is 105 Å². The fourth-order valence-electron chi connectivity index (χ4n) is 1.48. The minimum absolute atomic E-state index is 0.0489. The van der Waals surface area contributed by atoms with Crippen molar-refractivity contribution in [1.82, 2.24) is 10.6 Å². The van der Waals surface area contributed by atoms with Gasteiger partial charge in [0, 0.05) is 12.1 Å². The quantitative estimate of drug-likeness (QED) is 0.566. The van der Waals surface area contributed by atoms with E-state index in [2.05, 4.69) is 10.6 Å². The highest BCUT2D eigenvalue weighted by molar-refractivity contribution is 5.81. The largest absolute Gasteiger partial charge is 0.396 e. The molecule has 0 saturated carbocycles. The average molecular weight is 244 g/mol. The molecule has 102 valence electrons. The number of hydrogen-bond donors (Lipinski definition) is 3. The number of aliphatic hydroxyl groups excluding tert-OH is 1. The second-order valence-corrected chi connectivity index (χ2v) is 5.55. The summed E-state index contributed by atoms with van der Waals surface area (Å²) >= 11 is 0. The van der Waals surface area contributed by atoms with Gasteiger partial charge in [-0.05, 0) is 47.1 Å². The van der Waals surface area contributed by atoms with Crippen LogP contribution in [0.15, 0.2) is 0 Å². The van der Waals surface area contributed by atoms with Gasteiger partial charge >= 0.3 is 0 Å². The van der Waals surface area contributed by atoms with E-state index in [4.69, 9.17) is 5.11 Å². The molecular weight excluding hydrogens is 216 g/mol. The van der Waals surface area contributed by atoms with Crippen LogP contribution in [0.4, 0.5) is 0 Å². The van der Waals surface area contributed by atoms with Crippen molar-refractivity contribution in [3.63, 3.8) is 0 Å². The van der Waals surface area contributed by atoms with Gasteiger partial charge in [0.1, 0.15) is 0 Å². The number of nitrogens with one attached hydrogen (secondary N) is 2. The molecule has 4 nitrogen and oxygen atoms in total. The Morgan fingerprint density at radius 1 is 1.18 bits per heavy atom. The number of hydrogen-bond acceptors (Lipinski definition) is 3. The summed E-state index contributed by atoms with van der Waals surface area (Å²) < 4.78 is 0. The van der Waals surface area contributed by atoms with E-state index in [1.54, 1.807) is 0 Å². The highest BCUT2D eigenvalue weighted by atomic mass is 16.2. The minimum atomic E-state index is -0.172. The van der Waals surface area contributed by atoms with E-state index in [0.717, 1.165) is 32.2 Å². The van der Waals surface area contributed by atoms with E-state index in [9.17, 15) is 4.79 Å². The van der Waals surface area contributed by atoms with Gasteiger partial charge in [0.05, 0.1) is 6.04 Å². The van der Waals surface area contributed by atoms with Gasteiger partial charge in [-0.1, -0.05) is 12.8 Å². The van der Waals surface area contributed by atoms with Gasteiger partial charge in [0.15, 0.2) is 0 Å². The highest BCUT2D eigenvalue weighted by Crippen LogP contribution is 2.00. The van der Waals surface area contributed by atoms with Crippen molar-refractivity contribution in [3.05, 3.63) is 0 Å². The molecule has 0 heterocycles. The molecule has 0 aromatic carbocycles. The number of carbonyl (C=O) groups is 1. The molecule has 1 amide bonds. The zero-order valence-corrected chi connectivity index (χ0v) is 11.7. The average Bonchev–Trinajstić information content (AvgIpc) is 2.20. The van der Waals surface area contributed by atoms with Crippen LogP contribution in [-0.2, 0) is 4.79 Å². The molecule has 17 heavy (non-hydrogen) atoms. The van der Waals surface area contributed by atoms with Crippen molar-refractivity contribution in [3.8, 4) is 0 Å². The summed E-state index contributed by atoms with van der Waals surface area (Å²) in [7, 11) is 0. The molecule has 1 unspecified atom stereocenters. The molecule has 0 aromatic heterocycles. The first kappa shape index (κ1) is 16.4. The predicted octanol–water partition coefficient (Wildman–Crippen LogP) is 1.43. The summed E-state index contributed by atoms with van der Waals surface area (Å²) in [5.74, 6) is 0.0489. The Hall–Kier alpha value is -0.610. The third-order valence-corrected chi connectivity index (χ3v) is 2.43. The molecular formula is C13H28N2O2. The van der Waals surface area contributed by atoms with Gasteiger partial charge in [0.25, 0.3) is 0 Å². The van der Waals surface area contributed by atoms with Crippen molar-refractivity contribution in [2.75, 3.05) is 13.2 Å². The third-order valence-electron chi connectivity index (χ3n) is 2.43. The fourth-order valence-corrected chi connectivity index (χ4v) is 1.48. The van der Waals surface area contributed by atoms with Gasteiger partial charge in [0.2, 0.25) is 5.91 Å². The summed E-state index contributed by atoms with van der Waals surface area (Å²) in [5.41, 5.74) is -0.172. The van der Waals surface area contributed by atoms with E-state index >= 15 is 0 Å². The molecule has 0 fully saturated rings. The number of amides is 1. The highest BCUT2D eigenvalue weighted by Gasteiger charge is 2.18. The molecule has 0 spiro atoms. The van der Waals surface area contributed by atoms with Crippen molar-refractivity contribution < 1.29 is 9.90 Å². The molecule has 0 aliphatic heterocycles. The Kier molecular flexibility index (Phi) is 8.17. The summed E-state index contributed by atoms with van der Waals surface area (Å²) in [4.78, 5) is 11.7. The molecule has 1 atom stereocenters. The van der Waals surface area contributed by atoms with Gasteiger partial charge in [-0.25, -0.2) is 0 Å². The van der Waals surface area contributed by atoms with Crippen molar-refractivity contribution in [2.24, 2.45) is 0 Å². The molecule has 0 radical (unpaired) electrons. The van der Waals surface area contributed by atoms with Crippen molar-refractivity contribution in [2.45, 2.75) is 65.0 Å². The van der Waals surface area contributed by atoms with E-state index < -0.39 is 0 Å². The van der Waals surface area contributed by atoms with Crippen LogP contribution in [0.3, 0.4) is 0 Å². The van der Waals surface area contributed by atoms with E-state index in [1.807, 2.05) is 27.7 Å². The number of carbonyl (C=O) groups excluding carboxylic acids is 1. The zero-order valence-electron chi connectivity index (χ0n) is 11.7. The van der Waals surface area contributed by atoms with Crippen LogP contribution in [0, 0.1) is 0 Å². The minimum Gasteiger partial charge on any atom is -0.396 e. The van der Waals surface area contributed by atoms with Crippen LogP contribution >= 0.6 is 0 Å². The first-order chi connectivity index (χ1) is 7.87. The third kappa shape index (κ3) is 10.3. The summed E-state index contributed by atoms with van der Waals surface area (Å²) in [6.07, 6.45) is 4.08. The normalized spacial score (nSPS) is 13.5. The SMILES string of the molecule is CC(NCCCCCCO)C(=O)NC(C)(C)C. The molecule has 0 aliphatic rings. The van der Waals surface area contributed by atoms with Crippen LogP contribution in [0.5, 0.6) is 0 Å². The molecule has 0 aromatic rings. The van der Waals surface area contributed by atoms with Crippen LogP contribution in [0.25, 0.3) is 0 Å². The maximum Gasteiger partial charge on any atom is 0.237 e. The topological polar surface area (TPSA) is 61.4 Å². The summed E-state index contributed by atoms with van der Waals surface area (Å²) in [5, 5.41) is 14.8. The van der Waals surface area contributed by atoms with Crippen LogP contribution < -0.4 is 10.6 Å². The standard InChI is InChI=1S/C13H28N2O2/c1-11(12(17)15-13(2,3)4)14-9-7-5-6-8-10-16/h11,14,16H,5-10H2,1-4H3,(H,15,17). The number of aliphatic hydroxyl groups is 1. The van der Waals surface area contributed by atoms with E-state index in [1.165, 1.54) is 0 Å². The Morgan fingerprint density at radius 2 is 1.76 bits per heavy atom. The van der Waals surface area contributed by atoms with Gasteiger partial charge in [-0.15, -0.1) is 0 Å². The molecule has 4 heteroatoms.